The zero-order valence-electron chi connectivity index (χ0n) is 65.9. The van der Waals surface area contributed by atoms with Crippen LogP contribution in [0.3, 0.4) is 0 Å². The van der Waals surface area contributed by atoms with E-state index in [1.165, 1.54) is 13.0 Å². The van der Waals surface area contributed by atoms with Gasteiger partial charge in [-0.15, -0.1) is 20.5 Å². The first-order valence-corrected chi connectivity index (χ1v) is 44.0. The van der Waals surface area contributed by atoms with Crippen LogP contribution in [0, 0.1) is 6.92 Å². The van der Waals surface area contributed by atoms with Crippen molar-refractivity contribution in [3.8, 4) is 23.0 Å². The second-order valence-corrected chi connectivity index (χ2v) is 36.7. The van der Waals surface area contributed by atoms with Gasteiger partial charge in [0.1, 0.15) is 76.0 Å². The molecule has 0 spiro atoms. The van der Waals surface area contributed by atoms with E-state index in [0.717, 1.165) is 109 Å². The van der Waals surface area contributed by atoms with Crippen LogP contribution in [-0.2, 0) is 157 Å². The van der Waals surface area contributed by atoms with Gasteiger partial charge in [0.05, 0.1) is 101 Å². The van der Waals surface area contributed by atoms with Crippen LogP contribution in [0.4, 0.5) is 45.5 Å². The maximum absolute atomic E-state index is 13.3. The third-order valence-electron chi connectivity index (χ3n) is 15.4. The van der Waals surface area contributed by atoms with Crippen LogP contribution in [-0.4, -0.2) is 208 Å². The van der Waals surface area contributed by atoms with Gasteiger partial charge in [0.25, 0.3) is 11.8 Å². The predicted molar refractivity (Wildman–Crippen MR) is 377 cm³/mol. The molecule has 4 N–H and O–H groups in total. The zero-order valence-corrected chi connectivity index (χ0v) is 91.2. The van der Waals surface area contributed by atoms with Gasteiger partial charge in [-0.3, -0.25) is 22.1 Å². The molecule has 8 aromatic rings. The quantitative estimate of drug-likeness (QED) is 0.0141. The van der Waals surface area contributed by atoms with Crippen LogP contribution >= 0.6 is 0 Å². The molecular weight excluding hydrogens is 2070 g/mol. The summed E-state index contributed by atoms with van der Waals surface area (Å²) in [6, 6.07) is 16.2. The topological polar surface area (TPSA) is 799 Å². The molecule has 0 fully saturated rings. The number of aromatic hydroxyl groups is 4. The van der Waals surface area contributed by atoms with Crippen LogP contribution in [0.5, 0.6) is 23.0 Å². The summed E-state index contributed by atoms with van der Waals surface area (Å²) in [6.45, 7) is -1.84. The van der Waals surface area contributed by atoms with Crippen LogP contribution in [0.2, 0.25) is 0 Å². The molecule has 2 radical (unpaired) electrons. The molecular formula is C59H42Cu2N12Na8O37S9. The van der Waals surface area contributed by atoms with E-state index in [9.17, 15) is 153 Å². The maximum atomic E-state index is 13.3. The third kappa shape index (κ3) is 33.6. The Balaban J connectivity index is 0. The number of anilines is 2. The molecule has 68 heteroatoms. The number of aryl methyl sites for hydroxylation is 1. The summed E-state index contributed by atoms with van der Waals surface area (Å²) in [4.78, 5) is 45.7. The van der Waals surface area contributed by atoms with Crippen molar-refractivity contribution in [2.45, 2.75) is 48.4 Å². The van der Waals surface area contributed by atoms with Crippen molar-refractivity contribution < 1.29 is 436 Å². The molecule has 49 nitrogen and oxygen atoms in total. The molecule has 2 unspecified atom stereocenters. The summed E-state index contributed by atoms with van der Waals surface area (Å²) in [7, 11) is -44.1. The van der Waals surface area contributed by atoms with Crippen LogP contribution < -0.4 is 257 Å². The Morgan fingerprint density at radius 3 is 1.08 bits per heavy atom. The van der Waals surface area contributed by atoms with Crippen LogP contribution in [0.15, 0.2) is 208 Å². The SMILES string of the molecule is Cc1cc(N=Nc2c(S(=O)(=O)[O-])cc3ccc(N=NC4C(=O)N(c5ccc(S(=O)(=O)CCOS(=O)(=O)[O-])cc5)N=C4C(=O)[O-])cc3c2O)c(O)cc1S(=O)(=O)CCOS(=O)(=O)[O-].O=C([O-])C1=NN(c2ccc(S(=O)(=O)[O-])cc2)C(=O)C1N=Nc1ccc2cc(S(=O)(=O)[O-])c(N=Nc3ccc(S(=O)(=O)CCOS(=O)(=O)[O-])cc3O)c(O)c2c1.[Cu].[Cu].[Na+].[Na+].[Na+].[Na+].[Na+].[Na+].[Na+].[Na+]. The Bertz CT molecular complexity index is 6850. The Morgan fingerprint density at radius 2 is 0.732 bits per heavy atom. The van der Waals surface area contributed by atoms with E-state index < -0.39 is 251 Å². The molecule has 2 atom stereocenters. The van der Waals surface area contributed by atoms with Gasteiger partial charge in [-0.1, -0.05) is 12.1 Å². The van der Waals surface area contributed by atoms with Gasteiger partial charge in [0.2, 0.25) is 31.2 Å². The number of fused-ring (bicyclic) bond motifs is 2. The van der Waals surface area contributed by atoms with Gasteiger partial charge in [-0.2, -0.15) is 40.7 Å². The van der Waals surface area contributed by atoms with E-state index in [1.807, 2.05) is 0 Å². The van der Waals surface area contributed by atoms with Gasteiger partial charge in [-0.05, 0) is 126 Å². The minimum absolute atomic E-state index is 0. The average molecular weight is 2110 g/mol. The summed E-state index contributed by atoms with van der Waals surface area (Å²) < 4.78 is 289. The maximum Gasteiger partial charge on any atom is 1.00 e. The summed E-state index contributed by atoms with van der Waals surface area (Å²) in [5.41, 5.74) is -5.65. The van der Waals surface area contributed by atoms with Crippen molar-refractivity contribution >= 4 is 193 Å². The summed E-state index contributed by atoms with van der Waals surface area (Å²) in [6.07, 6.45) is 0. The van der Waals surface area contributed by atoms with E-state index in [4.69, 9.17) is 0 Å². The monoisotopic (exact) mass is 2110 g/mol. The van der Waals surface area contributed by atoms with Crippen LogP contribution in [0.25, 0.3) is 21.5 Å². The molecule has 0 bridgehead atoms. The van der Waals surface area contributed by atoms with E-state index >= 15 is 0 Å². The number of amides is 2. The third-order valence-corrected chi connectivity index (χ3v) is 24.5. The number of phenolic OH excluding ortho intramolecular Hbond substituents is 4. The number of carbonyl (C=O) groups excluding carboxylic acids is 4. The second kappa shape index (κ2) is 50.9. The van der Waals surface area contributed by atoms with Crippen molar-refractivity contribution in [3.63, 3.8) is 0 Å². The molecule has 0 saturated carbocycles. The number of nitrogens with zero attached hydrogens (tertiary/aromatic N) is 12. The largest absolute Gasteiger partial charge is 1.00 e. The molecule has 8 aromatic carbocycles. The number of aliphatic carboxylic acids is 2. The first-order chi connectivity index (χ1) is 54.0. The summed E-state index contributed by atoms with van der Waals surface area (Å²) in [5.74, 6) is -12.7. The van der Waals surface area contributed by atoms with E-state index in [2.05, 4.69) is 63.7 Å². The van der Waals surface area contributed by atoms with Crippen molar-refractivity contribution in [3.05, 3.63) is 133 Å². The van der Waals surface area contributed by atoms with Crippen molar-refractivity contribution in [1.29, 1.82) is 0 Å². The number of hydrogen-bond acceptors (Lipinski definition) is 47. The molecule has 644 valence electrons. The Hall–Kier alpha value is -2.67. The first-order valence-electron chi connectivity index (χ1n) is 30.8. The molecule has 127 heavy (non-hydrogen) atoms. The number of carbonyl (C=O) groups is 4. The Morgan fingerprint density at radius 1 is 0.394 bits per heavy atom. The summed E-state index contributed by atoms with van der Waals surface area (Å²) >= 11 is 0. The van der Waals surface area contributed by atoms with Gasteiger partial charge in [-0.25, -0.2) is 75.8 Å². The minimum atomic E-state index is -5.42. The molecule has 2 aliphatic heterocycles. The number of carboxylic acids is 2. The number of benzene rings is 8. The number of rotatable bonds is 30. The molecule has 2 aliphatic rings. The first kappa shape index (κ1) is 126. The Kier molecular flexibility index (Phi) is 50.7. The number of hydrogen-bond donors (Lipinski definition) is 4. The molecule has 2 heterocycles. The molecule has 0 saturated heterocycles. The van der Waals surface area contributed by atoms with Crippen molar-refractivity contribution in [2.24, 2.45) is 51.1 Å². The van der Waals surface area contributed by atoms with Crippen molar-refractivity contribution in [1.82, 2.24) is 0 Å². The number of sulfone groups is 3. The minimum Gasteiger partial charge on any atom is -0.744 e. The second-order valence-electron chi connectivity index (χ2n) is 23.2. The van der Waals surface area contributed by atoms with E-state index in [0.29, 0.717) is 22.2 Å². The van der Waals surface area contributed by atoms with E-state index in [1.54, 1.807) is 0 Å². The number of phenols is 4. The van der Waals surface area contributed by atoms with Gasteiger partial charge < -0.3 is 67.5 Å². The normalized spacial score (nSPS) is 14.4. The number of carboxylic acid groups (broad SMARTS) is 2. The molecule has 0 aromatic heterocycles. The average Bonchev–Trinajstić information content (AvgIpc) is 1.84. The van der Waals surface area contributed by atoms with Crippen LogP contribution in [0.1, 0.15) is 5.56 Å². The molecule has 2 amide bonds. The zero-order chi connectivity index (χ0) is 86.8. The fraction of sp³-hybridized carbons (Fsp3) is 0.153. The smallest absolute Gasteiger partial charge is 0.744 e. The van der Waals surface area contributed by atoms with E-state index in [-0.39, 0.29) is 320 Å². The fourth-order valence-electron chi connectivity index (χ4n) is 10.1. The van der Waals surface area contributed by atoms with Gasteiger partial charge in [0, 0.05) is 57.0 Å². The fourth-order valence-corrected chi connectivity index (χ4v) is 16.6. The predicted octanol–water partition coefficient (Wildman–Crippen LogP) is -23.7. The Labute approximate surface area is 917 Å². The van der Waals surface area contributed by atoms with Gasteiger partial charge >= 0.3 is 236 Å². The molecule has 0 aliphatic carbocycles. The van der Waals surface area contributed by atoms with Gasteiger partial charge in [0.15, 0.2) is 53.1 Å². The standard InChI is InChI=1S/C31H28N6O20S5.C28H22N6O17S4.2Cu.8Na/c1-16-12-22(23(38)15-24(16)59(45,46)11-9-57-62(53,54)55)33-34-26-25(60(47,48)49)13-17-2-3-18(14-21(17)29(26)39)32-35-27-28(31(41)42)36-37(30(27)40)19-4-6-20(7-5-19)58(43,44)10-8-56-61(50,51)52;35-21-13-18(52(40,41)10-9-51-55(48,49)50)7-8-20(21)30-31-23-22(54(45,46)47)11-14-1-2-15(12-19(14)26(23)36)29-32-24-25(28(38)39)33-34(27(24)37)16-3-5-17(6-4-16)53(42,43)44;;;;;;;;;;/h2-7,12-15,27,38-39H,8-11H2,1H3,(H,41,42)(H,47,48,49)(H,50,51,52)(H,53,54,55);1-8,11-13,24,35-36H,9-10H2,(H,38,39)(H,42,43,44)(H,45,46,47)(H,48,49,50);;;;;;;;;;/q;;;;8*+1/p-8. The number of azo groups is 4. The number of hydrazone groups is 2. The molecule has 10 rings (SSSR count). The summed E-state index contributed by atoms with van der Waals surface area (Å²) in [5, 5.41) is 104. The van der Waals surface area contributed by atoms with Crippen molar-refractivity contribution in [2.75, 3.05) is 47.1 Å².